The predicted octanol–water partition coefficient (Wildman–Crippen LogP) is 5.08. The van der Waals surface area contributed by atoms with Crippen LogP contribution in [-0.2, 0) is 20.2 Å². The van der Waals surface area contributed by atoms with Gasteiger partial charge >= 0.3 is 0 Å². The molecule has 0 aliphatic heterocycles. The van der Waals surface area contributed by atoms with Crippen molar-refractivity contribution in [2.45, 2.75) is 84.0 Å². The van der Waals surface area contributed by atoms with Crippen LogP contribution in [0.1, 0.15) is 76.0 Å². The van der Waals surface area contributed by atoms with Crippen molar-refractivity contribution >= 4 is 27.3 Å². The standard InChI is InChI=1S/C25H37NO5S2/c1-9-25(10-2,22-14-17(4)23(32-22)33(29,30)26-18(5)27)19-11-12-20(16(3)13-19)31-15-21(28)24(6,7)8/h11-14,21,28H,9-10,15H2,1-8H3,(H,26,27). The summed E-state index contributed by atoms with van der Waals surface area (Å²) >= 11 is 1.22. The second kappa shape index (κ2) is 10.2. The number of ether oxygens (including phenoxy) is 1. The Balaban J connectivity index is 2.45. The van der Waals surface area contributed by atoms with Crippen LogP contribution in [0.5, 0.6) is 5.75 Å². The number of hydrogen-bond acceptors (Lipinski definition) is 6. The molecule has 0 fully saturated rings. The molecule has 1 unspecified atom stereocenters. The van der Waals surface area contributed by atoms with E-state index >= 15 is 0 Å². The molecule has 1 amide bonds. The largest absolute Gasteiger partial charge is 0.491 e. The third-order valence-corrected chi connectivity index (χ3v) is 9.71. The molecule has 2 N–H and O–H groups in total. The van der Waals surface area contributed by atoms with Crippen molar-refractivity contribution in [3.05, 3.63) is 45.8 Å². The van der Waals surface area contributed by atoms with E-state index in [-0.39, 0.29) is 21.6 Å². The molecule has 1 heterocycles. The molecular weight excluding hydrogens is 458 g/mol. The van der Waals surface area contributed by atoms with Crippen LogP contribution in [0.2, 0.25) is 0 Å². The van der Waals surface area contributed by atoms with Gasteiger partial charge in [-0.2, -0.15) is 0 Å². The molecule has 0 bridgehead atoms. The molecule has 0 aliphatic rings. The second-order valence-electron chi connectivity index (χ2n) is 9.71. The highest BCUT2D eigenvalue weighted by Crippen LogP contribution is 2.45. The molecule has 1 aromatic heterocycles. The monoisotopic (exact) mass is 495 g/mol. The van der Waals surface area contributed by atoms with E-state index in [9.17, 15) is 18.3 Å². The molecule has 2 rings (SSSR count). The predicted molar refractivity (Wildman–Crippen MR) is 134 cm³/mol. The van der Waals surface area contributed by atoms with Gasteiger partial charge in [0.25, 0.3) is 10.0 Å². The van der Waals surface area contributed by atoms with E-state index in [4.69, 9.17) is 4.74 Å². The Labute approximate surface area is 202 Å². The maximum Gasteiger partial charge on any atom is 0.273 e. The first-order valence-corrected chi connectivity index (χ1v) is 13.5. The molecule has 1 atom stereocenters. The van der Waals surface area contributed by atoms with Gasteiger partial charge in [-0.25, -0.2) is 13.1 Å². The summed E-state index contributed by atoms with van der Waals surface area (Å²) in [6.07, 6.45) is 0.983. The number of amides is 1. The van der Waals surface area contributed by atoms with Gasteiger partial charge in [0.15, 0.2) is 0 Å². The molecule has 8 heteroatoms. The van der Waals surface area contributed by atoms with Gasteiger partial charge in [-0.1, -0.05) is 46.8 Å². The minimum Gasteiger partial charge on any atom is -0.491 e. The maximum absolute atomic E-state index is 12.7. The van der Waals surface area contributed by atoms with E-state index in [1.165, 1.54) is 18.3 Å². The lowest BCUT2D eigenvalue weighted by molar-refractivity contribution is -0.117. The Morgan fingerprint density at radius 3 is 2.21 bits per heavy atom. The van der Waals surface area contributed by atoms with Crippen LogP contribution in [0.4, 0.5) is 0 Å². The number of carbonyl (C=O) groups is 1. The van der Waals surface area contributed by atoms with Gasteiger partial charge in [0.05, 0.1) is 6.10 Å². The van der Waals surface area contributed by atoms with Crippen LogP contribution >= 0.6 is 11.3 Å². The van der Waals surface area contributed by atoms with E-state index in [0.29, 0.717) is 5.56 Å². The molecule has 0 aliphatic carbocycles. The fraction of sp³-hybridized carbons (Fsp3) is 0.560. The quantitative estimate of drug-likeness (QED) is 0.506. The van der Waals surface area contributed by atoms with Crippen molar-refractivity contribution in [2.75, 3.05) is 6.61 Å². The normalized spacial score (nSPS) is 13.6. The van der Waals surface area contributed by atoms with E-state index in [1.807, 2.05) is 45.9 Å². The van der Waals surface area contributed by atoms with Crippen molar-refractivity contribution in [1.29, 1.82) is 0 Å². The summed E-state index contributed by atoms with van der Waals surface area (Å²) in [5.41, 5.74) is 2.04. The number of hydrogen-bond donors (Lipinski definition) is 2. The molecule has 0 spiro atoms. The average molecular weight is 496 g/mol. The van der Waals surface area contributed by atoms with Crippen LogP contribution in [-0.4, -0.2) is 32.1 Å². The number of aliphatic hydroxyl groups excluding tert-OH is 1. The fourth-order valence-electron chi connectivity index (χ4n) is 3.88. The summed E-state index contributed by atoms with van der Waals surface area (Å²) in [5, 5.41) is 10.3. The van der Waals surface area contributed by atoms with E-state index in [2.05, 4.69) is 24.6 Å². The number of aliphatic hydroxyl groups is 1. The molecule has 184 valence electrons. The van der Waals surface area contributed by atoms with Gasteiger partial charge in [0, 0.05) is 17.2 Å². The van der Waals surface area contributed by atoms with Crippen LogP contribution in [0.15, 0.2) is 28.5 Å². The summed E-state index contributed by atoms with van der Waals surface area (Å²) < 4.78 is 33.5. The maximum atomic E-state index is 12.7. The van der Waals surface area contributed by atoms with Crippen molar-refractivity contribution in [2.24, 2.45) is 5.41 Å². The molecule has 0 radical (unpaired) electrons. The van der Waals surface area contributed by atoms with Crippen LogP contribution in [0.3, 0.4) is 0 Å². The zero-order valence-electron chi connectivity index (χ0n) is 20.9. The lowest BCUT2D eigenvalue weighted by Crippen LogP contribution is -2.32. The Hall–Kier alpha value is -1.90. The smallest absolute Gasteiger partial charge is 0.273 e. The van der Waals surface area contributed by atoms with Crippen molar-refractivity contribution in [1.82, 2.24) is 4.72 Å². The van der Waals surface area contributed by atoms with Crippen molar-refractivity contribution in [3.63, 3.8) is 0 Å². The zero-order chi connectivity index (χ0) is 25.2. The first-order valence-electron chi connectivity index (χ1n) is 11.2. The molecule has 6 nitrogen and oxygen atoms in total. The molecule has 2 aromatic rings. The number of aryl methyl sites for hydroxylation is 2. The van der Waals surface area contributed by atoms with Crippen LogP contribution in [0, 0.1) is 19.3 Å². The van der Waals surface area contributed by atoms with Crippen LogP contribution < -0.4 is 9.46 Å². The topological polar surface area (TPSA) is 92.7 Å². The number of benzene rings is 1. The summed E-state index contributed by atoms with van der Waals surface area (Å²) in [6.45, 7) is 15.2. The lowest BCUT2D eigenvalue weighted by Gasteiger charge is -2.32. The molecule has 33 heavy (non-hydrogen) atoms. The third kappa shape index (κ3) is 5.97. The number of carbonyl (C=O) groups excluding carboxylic acids is 1. The second-order valence-corrected chi connectivity index (χ2v) is 12.6. The summed E-state index contributed by atoms with van der Waals surface area (Å²) in [5.74, 6) is 0.115. The minimum absolute atomic E-state index is 0.173. The van der Waals surface area contributed by atoms with E-state index in [1.54, 1.807) is 6.92 Å². The molecule has 1 aromatic carbocycles. The van der Waals surface area contributed by atoms with Gasteiger partial charge in [-0.05, 0) is 60.9 Å². The number of rotatable bonds is 9. The summed E-state index contributed by atoms with van der Waals surface area (Å²) in [6, 6.07) is 7.96. The fourth-order valence-corrected chi connectivity index (χ4v) is 6.92. The van der Waals surface area contributed by atoms with E-state index in [0.717, 1.165) is 34.6 Å². The summed E-state index contributed by atoms with van der Waals surface area (Å²) in [7, 11) is -3.90. The molecule has 0 saturated heterocycles. The highest BCUT2D eigenvalue weighted by Gasteiger charge is 2.35. The minimum atomic E-state index is -3.90. The Bertz CT molecular complexity index is 1090. The van der Waals surface area contributed by atoms with Crippen molar-refractivity contribution < 1.29 is 23.1 Å². The van der Waals surface area contributed by atoms with Crippen LogP contribution in [0.25, 0.3) is 0 Å². The lowest BCUT2D eigenvalue weighted by atomic mass is 9.74. The van der Waals surface area contributed by atoms with Gasteiger partial charge in [-0.15, -0.1) is 11.3 Å². The van der Waals surface area contributed by atoms with E-state index < -0.39 is 22.0 Å². The number of nitrogens with one attached hydrogen (secondary N) is 1. The Kier molecular flexibility index (Phi) is 8.41. The van der Waals surface area contributed by atoms with Crippen molar-refractivity contribution in [3.8, 4) is 5.75 Å². The SMILES string of the molecule is CCC(CC)(c1ccc(OCC(O)C(C)(C)C)c(C)c1)c1cc(C)c(S(=O)(=O)NC(C)=O)s1. The Morgan fingerprint density at radius 1 is 1.12 bits per heavy atom. The van der Waals surface area contributed by atoms with Gasteiger partial charge in [0.1, 0.15) is 16.6 Å². The molecule has 0 saturated carbocycles. The molecular formula is C25H37NO5S2. The Morgan fingerprint density at radius 2 is 1.73 bits per heavy atom. The van der Waals surface area contributed by atoms with Gasteiger partial charge in [-0.3, -0.25) is 4.79 Å². The van der Waals surface area contributed by atoms with Gasteiger partial charge in [0.2, 0.25) is 5.91 Å². The first-order chi connectivity index (χ1) is 15.2. The number of sulfonamides is 1. The summed E-state index contributed by atoms with van der Waals surface area (Å²) in [4.78, 5) is 12.3. The third-order valence-electron chi connectivity index (χ3n) is 6.20. The zero-order valence-corrected chi connectivity index (χ0v) is 22.5. The highest BCUT2D eigenvalue weighted by atomic mass is 32.2. The average Bonchev–Trinajstić information content (AvgIpc) is 3.10. The van der Waals surface area contributed by atoms with Gasteiger partial charge < -0.3 is 9.84 Å². The highest BCUT2D eigenvalue weighted by molar-refractivity contribution is 7.92. The first kappa shape index (κ1) is 27.3. The number of thiophene rings is 1.